The summed E-state index contributed by atoms with van der Waals surface area (Å²) >= 11 is 0. The molecule has 2 aromatic carbocycles. The van der Waals surface area contributed by atoms with Crippen molar-refractivity contribution < 1.29 is 42.1 Å². The molecule has 0 spiro atoms. The fourth-order valence-corrected chi connectivity index (χ4v) is 4.24. The Morgan fingerprint density at radius 2 is 1.83 bits per heavy atom. The van der Waals surface area contributed by atoms with Crippen LogP contribution in [0.15, 0.2) is 42.5 Å². The van der Waals surface area contributed by atoms with Crippen molar-refractivity contribution >= 4 is 29.2 Å². The number of carbonyl (C=O) groups is 3. The predicted octanol–water partition coefficient (Wildman–Crippen LogP) is 4.36. The van der Waals surface area contributed by atoms with Gasteiger partial charge in [-0.15, -0.1) is 0 Å². The summed E-state index contributed by atoms with van der Waals surface area (Å²) in [6.07, 6.45) is -7.08. The summed E-state index contributed by atoms with van der Waals surface area (Å²) in [5.41, 5.74) is 0.768. The van der Waals surface area contributed by atoms with Crippen LogP contribution in [0.1, 0.15) is 37.0 Å². The number of nitrogens with one attached hydrogen (secondary N) is 2. The molecule has 1 heterocycles. The molecule has 0 fully saturated rings. The summed E-state index contributed by atoms with van der Waals surface area (Å²) in [4.78, 5) is 41.4. The number of fused-ring (bicyclic) bond motifs is 1. The van der Waals surface area contributed by atoms with E-state index in [0.29, 0.717) is 11.4 Å². The molecule has 224 valence electrons. The number of alkyl halides is 3. The number of aliphatic hydroxyl groups is 1. The fourth-order valence-electron chi connectivity index (χ4n) is 4.24. The van der Waals surface area contributed by atoms with Crippen LogP contribution in [0.3, 0.4) is 0 Å². The molecule has 10 nitrogen and oxygen atoms in total. The monoisotopic (exact) mass is 580 g/mol. The normalized spacial score (nSPS) is 17.9. The lowest BCUT2D eigenvalue weighted by atomic mass is 9.99. The molecule has 3 rings (SSSR count). The number of anilines is 2. The molecule has 0 aliphatic carbocycles. The second-order valence-electron chi connectivity index (χ2n) is 10.0. The number of halogens is 3. The maximum absolute atomic E-state index is 13.5. The van der Waals surface area contributed by atoms with Gasteiger partial charge in [0.15, 0.2) is 0 Å². The van der Waals surface area contributed by atoms with E-state index in [2.05, 4.69) is 10.6 Å². The van der Waals surface area contributed by atoms with Gasteiger partial charge in [0.05, 0.1) is 38.3 Å². The topological polar surface area (TPSA) is 120 Å². The van der Waals surface area contributed by atoms with E-state index >= 15 is 0 Å². The van der Waals surface area contributed by atoms with Crippen molar-refractivity contribution in [2.75, 3.05) is 44.5 Å². The van der Waals surface area contributed by atoms with E-state index in [1.807, 2.05) is 6.92 Å². The molecule has 0 aromatic heterocycles. The molecule has 1 aliphatic heterocycles. The van der Waals surface area contributed by atoms with Gasteiger partial charge in [0, 0.05) is 37.3 Å². The molecule has 2 aromatic rings. The van der Waals surface area contributed by atoms with Crippen LogP contribution in [-0.2, 0) is 4.79 Å². The number of amides is 4. The Morgan fingerprint density at radius 3 is 2.44 bits per heavy atom. The first kappa shape index (κ1) is 31.5. The summed E-state index contributed by atoms with van der Waals surface area (Å²) in [5.74, 6) is -0.757. The highest BCUT2D eigenvalue weighted by atomic mass is 19.4. The Bertz CT molecular complexity index is 1220. The summed E-state index contributed by atoms with van der Waals surface area (Å²) in [6, 6.07) is 10.1. The van der Waals surface area contributed by atoms with Crippen LogP contribution >= 0.6 is 0 Å². The van der Waals surface area contributed by atoms with Crippen molar-refractivity contribution in [3.05, 3.63) is 48.0 Å². The van der Waals surface area contributed by atoms with E-state index in [4.69, 9.17) is 9.47 Å². The standard InChI is InChI=1S/C28H35F3N4O6/c1-17-14-35(18(2)16-36)26(38)22-13-20(32-25(37)11-12-28(29,30)31)7-10-23(22)41-24(17)15-34(3)27(39)33-19-5-8-21(40-4)9-6-19/h5-10,13,17-18,24,36H,11-12,14-16H2,1-4H3,(H,32,37)(H,33,39)/t17-,18+,24-/m1/s1. The largest absolute Gasteiger partial charge is 0.497 e. The molecule has 0 saturated carbocycles. The van der Waals surface area contributed by atoms with Gasteiger partial charge in [-0.1, -0.05) is 6.92 Å². The van der Waals surface area contributed by atoms with Crippen molar-refractivity contribution in [2.24, 2.45) is 5.92 Å². The number of hydrogen-bond acceptors (Lipinski definition) is 6. The van der Waals surface area contributed by atoms with E-state index in [1.165, 1.54) is 28.0 Å². The second kappa shape index (κ2) is 13.6. The van der Waals surface area contributed by atoms with Gasteiger partial charge in [0.1, 0.15) is 17.6 Å². The zero-order valence-corrected chi connectivity index (χ0v) is 23.3. The number of likely N-dealkylation sites (N-methyl/N-ethyl adjacent to an activating group) is 1. The number of urea groups is 1. The van der Waals surface area contributed by atoms with Gasteiger partial charge >= 0.3 is 12.2 Å². The molecule has 4 amide bonds. The molecular formula is C28H35F3N4O6. The lowest BCUT2D eigenvalue weighted by molar-refractivity contribution is -0.142. The minimum atomic E-state index is -4.47. The van der Waals surface area contributed by atoms with Crippen molar-refractivity contribution in [1.82, 2.24) is 9.80 Å². The number of ether oxygens (including phenoxy) is 2. The summed E-state index contributed by atoms with van der Waals surface area (Å²) in [6.45, 7) is 3.58. The second-order valence-corrected chi connectivity index (χ2v) is 10.0. The van der Waals surface area contributed by atoms with Crippen LogP contribution in [0.5, 0.6) is 11.5 Å². The average molecular weight is 581 g/mol. The molecule has 0 saturated heterocycles. The zero-order chi connectivity index (χ0) is 30.3. The van der Waals surface area contributed by atoms with E-state index in [0.717, 1.165) is 0 Å². The smallest absolute Gasteiger partial charge is 0.389 e. The molecule has 13 heteroatoms. The predicted molar refractivity (Wildman–Crippen MR) is 146 cm³/mol. The van der Waals surface area contributed by atoms with E-state index in [-0.39, 0.29) is 48.6 Å². The maximum Gasteiger partial charge on any atom is 0.389 e. The molecule has 0 bridgehead atoms. The summed E-state index contributed by atoms with van der Waals surface area (Å²) < 4.78 is 48.9. The Balaban J connectivity index is 1.81. The quantitative estimate of drug-likeness (QED) is 0.406. The van der Waals surface area contributed by atoms with Gasteiger partial charge in [-0.3, -0.25) is 9.59 Å². The number of hydrogen-bond donors (Lipinski definition) is 3. The van der Waals surface area contributed by atoms with E-state index < -0.39 is 43.0 Å². The third-order valence-corrected chi connectivity index (χ3v) is 6.73. The van der Waals surface area contributed by atoms with Crippen LogP contribution in [0.2, 0.25) is 0 Å². The number of carbonyl (C=O) groups excluding carboxylic acids is 3. The fraction of sp³-hybridized carbons (Fsp3) is 0.464. The van der Waals surface area contributed by atoms with Crippen LogP contribution in [0, 0.1) is 5.92 Å². The van der Waals surface area contributed by atoms with Gasteiger partial charge in [-0.25, -0.2) is 4.79 Å². The Morgan fingerprint density at radius 1 is 1.17 bits per heavy atom. The molecule has 3 N–H and O–H groups in total. The molecule has 1 aliphatic rings. The first-order chi connectivity index (χ1) is 19.3. The molecular weight excluding hydrogens is 545 g/mol. The van der Waals surface area contributed by atoms with Gasteiger partial charge in [0.25, 0.3) is 5.91 Å². The number of benzene rings is 2. The van der Waals surface area contributed by atoms with Crippen LogP contribution in [-0.4, -0.2) is 84.9 Å². The van der Waals surface area contributed by atoms with Crippen molar-refractivity contribution in [2.45, 2.75) is 45.0 Å². The minimum Gasteiger partial charge on any atom is -0.497 e. The van der Waals surface area contributed by atoms with Crippen molar-refractivity contribution in [3.63, 3.8) is 0 Å². The highest BCUT2D eigenvalue weighted by molar-refractivity contribution is 6.00. The summed E-state index contributed by atoms with van der Waals surface area (Å²) in [7, 11) is 3.15. The first-order valence-corrected chi connectivity index (χ1v) is 13.1. The molecule has 3 atom stereocenters. The number of rotatable bonds is 9. The molecule has 41 heavy (non-hydrogen) atoms. The Labute approximate surface area is 236 Å². The van der Waals surface area contributed by atoms with Crippen LogP contribution in [0.4, 0.5) is 29.3 Å². The van der Waals surface area contributed by atoms with Gasteiger partial charge < -0.3 is 35.0 Å². The zero-order valence-electron chi connectivity index (χ0n) is 23.3. The Hall–Kier alpha value is -4.00. The number of nitrogens with zero attached hydrogens (tertiary/aromatic N) is 2. The Kier molecular flexibility index (Phi) is 10.4. The van der Waals surface area contributed by atoms with Crippen LogP contribution < -0.4 is 20.1 Å². The van der Waals surface area contributed by atoms with Gasteiger partial charge in [0.2, 0.25) is 5.91 Å². The third-order valence-electron chi connectivity index (χ3n) is 6.73. The minimum absolute atomic E-state index is 0.0705. The number of aliphatic hydroxyl groups excluding tert-OH is 1. The van der Waals surface area contributed by atoms with Crippen molar-refractivity contribution in [3.8, 4) is 11.5 Å². The average Bonchev–Trinajstić information content (AvgIpc) is 2.93. The number of methoxy groups -OCH3 is 1. The molecule has 0 unspecified atom stereocenters. The van der Waals surface area contributed by atoms with Crippen LogP contribution in [0.25, 0.3) is 0 Å². The van der Waals surface area contributed by atoms with Crippen molar-refractivity contribution in [1.29, 1.82) is 0 Å². The highest BCUT2D eigenvalue weighted by Gasteiger charge is 2.34. The summed E-state index contributed by atoms with van der Waals surface area (Å²) in [5, 5.41) is 15.0. The van der Waals surface area contributed by atoms with Gasteiger partial charge in [-0.2, -0.15) is 13.2 Å². The van der Waals surface area contributed by atoms with E-state index in [1.54, 1.807) is 45.3 Å². The maximum atomic E-state index is 13.5. The SMILES string of the molecule is COc1ccc(NC(=O)N(C)C[C@H]2Oc3ccc(NC(=O)CCC(F)(F)F)cc3C(=O)N([C@@H](C)CO)C[C@H]2C)cc1. The first-order valence-electron chi connectivity index (χ1n) is 13.1. The lowest BCUT2D eigenvalue weighted by Crippen LogP contribution is -2.50. The van der Waals surface area contributed by atoms with Gasteiger partial charge in [-0.05, 0) is 49.4 Å². The molecule has 0 radical (unpaired) electrons. The lowest BCUT2D eigenvalue weighted by Gasteiger charge is -2.38. The highest BCUT2D eigenvalue weighted by Crippen LogP contribution is 2.31. The third kappa shape index (κ3) is 8.74. The van der Waals surface area contributed by atoms with E-state index in [9.17, 15) is 32.7 Å².